The van der Waals surface area contributed by atoms with E-state index in [2.05, 4.69) is 24.9 Å². The van der Waals surface area contributed by atoms with Gasteiger partial charge < -0.3 is 35.5 Å². The Morgan fingerprint density at radius 1 is 1.06 bits per heavy atom. The first-order valence-electron chi connectivity index (χ1n) is 15.0. The fraction of sp³-hybridized carbons (Fsp3) is 0.344. The van der Waals surface area contributed by atoms with E-state index in [1.807, 2.05) is 0 Å². The first-order valence-corrected chi connectivity index (χ1v) is 15.0. The number of anilines is 2. The number of hydrogen-bond acceptors (Lipinski definition) is 11. The van der Waals surface area contributed by atoms with Gasteiger partial charge in [-0.3, -0.25) is 9.97 Å². The summed E-state index contributed by atoms with van der Waals surface area (Å²) in [7, 11) is 0. The maximum atomic E-state index is 15.7. The summed E-state index contributed by atoms with van der Waals surface area (Å²) in [6, 6.07) is 6.77. The van der Waals surface area contributed by atoms with Crippen LogP contribution in [-0.4, -0.2) is 71.5 Å². The first kappa shape index (κ1) is 32.8. The zero-order valence-corrected chi connectivity index (χ0v) is 26.0. The quantitative estimate of drug-likeness (QED) is 0.144. The predicted octanol–water partition coefficient (Wildman–Crippen LogP) is 4.31. The number of piperidine rings is 1. The molecular weight excluding hydrogens is 634 g/mol. The van der Waals surface area contributed by atoms with Gasteiger partial charge in [-0.05, 0) is 42.7 Å². The van der Waals surface area contributed by atoms with Gasteiger partial charge in [0, 0.05) is 44.8 Å². The van der Waals surface area contributed by atoms with Crippen LogP contribution in [0.4, 0.5) is 29.1 Å². The summed E-state index contributed by atoms with van der Waals surface area (Å²) >= 11 is 0. The summed E-state index contributed by atoms with van der Waals surface area (Å²) in [6.07, 6.45) is 2.79. The predicted molar refractivity (Wildman–Crippen MR) is 168 cm³/mol. The van der Waals surface area contributed by atoms with E-state index in [4.69, 9.17) is 20.9 Å². The second-order valence-corrected chi connectivity index (χ2v) is 12.1. The number of aromatic nitrogens is 6. The van der Waals surface area contributed by atoms with E-state index in [1.165, 1.54) is 25.0 Å². The summed E-state index contributed by atoms with van der Waals surface area (Å²) in [6.45, 7) is 3.53. The fourth-order valence-corrected chi connectivity index (χ4v) is 5.84. The van der Waals surface area contributed by atoms with Gasteiger partial charge in [0.2, 0.25) is 5.79 Å². The lowest BCUT2D eigenvalue weighted by Gasteiger charge is -2.44. The van der Waals surface area contributed by atoms with Crippen molar-refractivity contribution in [1.82, 2.24) is 29.5 Å². The zero-order valence-electron chi connectivity index (χ0n) is 26.0. The maximum absolute atomic E-state index is 15.7. The van der Waals surface area contributed by atoms with Crippen molar-refractivity contribution in [2.24, 2.45) is 5.73 Å². The molecule has 5 heterocycles. The largest absolute Gasteiger partial charge is 0.451 e. The van der Waals surface area contributed by atoms with Gasteiger partial charge in [0.15, 0.2) is 23.0 Å². The van der Waals surface area contributed by atoms with Crippen LogP contribution < -0.4 is 25.8 Å². The number of alkyl halides is 2. The molecule has 0 aliphatic carbocycles. The number of benzene rings is 1. The van der Waals surface area contributed by atoms with E-state index in [9.17, 15) is 13.9 Å². The minimum Gasteiger partial charge on any atom is -0.451 e. The molecule has 0 bridgehead atoms. The Hall–Kier alpha value is -5.09. The van der Waals surface area contributed by atoms with Gasteiger partial charge in [-0.15, -0.1) is 0 Å². The number of ether oxygens (including phenoxy) is 2. The van der Waals surface area contributed by atoms with Crippen molar-refractivity contribution in [2.45, 2.75) is 57.1 Å². The lowest BCUT2D eigenvalue weighted by Crippen LogP contribution is -2.63. The van der Waals surface area contributed by atoms with E-state index >= 15 is 8.78 Å². The van der Waals surface area contributed by atoms with Gasteiger partial charge >= 0.3 is 0 Å². The van der Waals surface area contributed by atoms with Crippen LogP contribution in [0.25, 0.3) is 22.4 Å². The molecule has 1 aliphatic rings. The van der Waals surface area contributed by atoms with E-state index in [0.29, 0.717) is 41.1 Å². The fourth-order valence-electron chi connectivity index (χ4n) is 5.84. The molecule has 12 nitrogen and oxygen atoms in total. The smallest absolute Gasteiger partial charge is 0.265 e. The van der Waals surface area contributed by atoms with Crippen LogP contribution in [-0.2, 0) is 6.54 Å². The second-order valence-electron chi connectivity index (χ2n) is 12.1. The van der Waals surface area contributed by atoms with Crippen LogP contribution in [0.2, 0.25) is 0 Å². The Morgan fingerprint density at radius 3 is 2.62 bits per heavy atom. The number of pyridine rings is 2. The molecule has 0 unspecified atom stereocenters. The van der Waals surface area contributed by atoms with Gasteiger partial charge in [-0.25, -0.2) is 32.5 Å². The highest BCUT2D eigenvalue weighted by Gasteiger charge is 2.43. The van der Waals surface area contributed by atoms with Crippen LogP contribution in [0.5, 0.6) is 11.5 Å². The number of nitrogen functional groups attached to an aromatic ring is 1. The SMILES string of the molecule is CC(C)(Oc1cccnc1)Oc1cc(F)c(-c2cc(Cn3cnc4c(N)ncnc43)c(N3CCC[C@](N)([C@H](O)C(F)F)C3)cn2)cc1F. The van der Waals surface area contributed by atoms with Crippen molar-refractivity contribution < 1.29 is 32.1 Å². The highest BCUT2D eigenvalue weighted by atomic mass is 19.3. The molecule has 1 aliphatic heterocycles. The summed E-state index contributed by atoms with van der Waals surface area (Å²) < 4.78 is 71.4. The Kier molecular flexibility index (Phi) is 8.78. The summed E-state index contributed by atoms with van der Waals surface area (Å²) in [5, 5.41) is 10.3. The van der Waals surface area contributed by atoms with Gasteiger partial charge in [0.05, 0.1) is 42.2 Å². The number of aliphatic hydroxyl groups is 1. The second kappa shape index (κ2) is 12.8. The molecule has 252 valence electrons. The number of rotatable bonds is 10. The average molecular weight is 668 g/mol. The number of fused-ring (bicyclic) bond motifs is 1. The van der Waals surface area contributed by atoms with E-state index in [0.717, 1.165) is 12.1 Å². The highest BCUT2D eigenvalue weighted by molar-refractivity contribution is 5.81. The van der Waals surface area contributed by atoms with Crippen molar-refractivity contribution in [3.05, 3.63) is 78.8 Å². The summed E-state index contributed by atoms with van der Waals surface area (Å²) in [5.41, 5.74) is 12.4. The van der Waals surface area contributed by atoms with Crippen LogP contribution in [0.15, 0.2) is 61.6 Å². The molecule has 48 heavy (non-hydrogen) atoms. The van der Waals surface area contributed by atoms with Gasteiger partial charge in [0.1, 0.15) is 29.5 Å². The molecule has 2 atom stereocenters. The molecule has 4 aromatic heterocycles. The highest BCUT2D eigenvalue weighted by Crippen LogP contribution is 2.35. The average Bonchev–Trinajstić information content (AvgIpc) is 3.46. The molecule has 1 aromatic carbocycles. The van der Waals surface area contributed by atoms with Crippen LogP contribution in [0, 0.1) is 11.6 Å². The molecule has 1 saturated heterocycles. The van der Waals surface area contributed by atoms with Gasteiger partial charge in [-0.1, -0.05) is 0 Å². The Morgan fingerprint density at radius 2 is 1.88 bits per heavy atom. The third-order valence-corrected chi connectivity index (χ3v) is 8.11. The van der Waals surface area contributed by atoms with E-state index in [-0.39, 0.29) is 42.3 Å². The first-order chi connectivity index (χ1) is 22.8. The van der Waals surface area contributed by atoms with Crippen LogP contribution >= 0.6 is 0 Å². The third-order valence-electron chi connectivity index (χ3n) is 8.11. The standard InChI is InChI=1S/C32H33F4N9O3/c1-31(2,47-19-5-3-7-39-12-19)48-25-11-21(33)20(10-22(25)34)23-9-18(14-45-17-43-26-29(37)41-16-42-30(26)45)24(13-40-23)44-8-4-6-32(38,15-44)27(46)28(35)36/h3,5,7,9-13,16-17,27-28,46H,4,6,8,14-15,38H2,1-2H3,(H2,37,41,42)/t27-,32-/m1/s1. The zero-order chi connectivity index (χ0) is 34.2. The molecule has 0 saturated carbocycles. The molecule has 1 fully saturated rings. The molecule has 0 radical (unpaired) electrons. The molecule has 0 spiro atoms. The lowest BCUT2D eigenvalue weighted by atomic mass is 9.84. The summed E-state index contributed by atoms with van der Waals surface area (Å²) in [5.74, 6) is -2.89. The topological polar surface area (TPSA) is 163 Å². The van der Waals surface area contributed by atoms with Crippen LogP contribution in [0.3, 0.4) is 0 Å². The Labute approximate surface area is 272 Å². The van der Waals surface area contributed by atoms with Crippen molar-refractivity contribution in [1.29, 1.82) is 0 Å². The molecule has 16 heteroatoms. The number of hydrogen-bond donors (Lipinski definition) is 3. The van der Waals surface area contributed by atoms with Crippen LogP contribution in [0.1, 0.15) is 32.3 Å². The molecule has 0 amide bonds. The number of nitrogens with zero attached hydrogens (tertiary/aromatic N) is 7. The van der Waals surface area contributed by atoms with E-state index < -0.39 is 35.5 Å². The normalized spacial score (nSPS) is 17.6. The van der Waals surface area contributed by atoms with Crippen molar-refractivity contribution >= 4 is 22.7 Å². The minimum absolute atomic E-state index is 0.0877. The number of imidazole rings is 1. The number of halogens is 4. The van der Waals surface area contributed by atoms with Crippen molar-refractivity contribution in [2.75, 3.05) is 23.7 Å². The van der Waals surface area contributed by atoms with Crippen molar-refractivity contribution in [3.63, 3.8) is 0 Å². The monoisotopic (exact) mass is 667 g/mol. The van der Waals surface area contributed by atoms with Gasteiger partial charge in [0.25, 0.3) is 6.43 Å². The van der Waals surface area contributed by atoms with Crippen molar-refractivity contribution in [3.8, 4) is 22.8 Å². The number of nitrogens with two attached hydrogens (primary N) is 2. The molecule has 5 N–H and O–H groups in total. The summed E-state index contributed by atoms with van der Waals surface area (Å²) in [4.78, 5) is 22.7. The van der Waals surface area contributed by atoms with E-state index in [1.54, 1.807) is 47.7 Å². The minimum atomic E-state index is -3.03. The van der Waals surface area contributed by atoms with Gasteiger partial charge in [-0.2, -0.15) is 0 Å². The maximum Gasteiger partial charge on any atom is 0.265 e. The molecular formula is C32H33F4N9O3. The molecule has 6 rings (SSSR count). The lowest BCUT2D eigenvalue weighted by molar-refractivity contribution is -0.0834. The molecule has 5 aromatic rings. The Bertz CT molecular complexity index is 1930. The number of aliphatic hydroxyl groups excluding tert-OH is 1. The Balaban J connectivity index is 1.36. The third kappa shape index (κ3) is 6.66.